The lowest BCUT2D eigenvalue weighted by atomic mass is 9.66. The number of hydrogen-bond donors (Lipinski definition) is 1. The van der Waals surface area contributed by atoms with Gasteiger partial charge in [0, 0.05) is 6.42 Å². The molecule has 0 aromatic rings. The van der Waals surface area contributed by atoms with Crippen LogP contribution < -0.4 is 0 Å². The molecule has 2 aliphatic carbocycles. The maximum atomic E-state index is 12.1. The summed E-state index contributed by atoms with van der Waals surface area (Å²) < 4.78 is 36.3. The summed E-state index contributed by atoms with van der Waals surface area (Å²) >= 11 is 0. The molecule has 0 spiro atoms. The highest BCUT2D eigenvalue weighted by molar-refractivity contribution is 4.85. The standard InChI is InChI=1S/C15H25F3O/c16-15(17,18)9-3-6-14(19)13-8-7-11-4-1-2-5-12(11)10-13/h11-14,19H,1-10H2. The summed E-state index contributed by atoms with van der Waals surface area (Å²) in [6.45, 7) is 0. The molecule has 0 aromatic carbocycles. The molecule has 2 rings (SSSR count). The van der Waals surface area contributed by atoms with E-state index >= 15 is 0 Å². The van der Waals surface area contributed by atoms with Crippen LogP contribution in [0.2, 0.25) is 0 Å². The van der Waals surface area contributed by atoms with Crippen molar-refractivity contribution in [1.82, 2.24) is 0 Å². The third-order valence-electron chi connectivity index (χ3n) is 5.08. The minimum atomic E-state index is -4.08. The van der Waals surface area contributed by atoms with Crippen LogP contribution in [0.1, 0.15) is 64.2 Å². The Labute approximate surface area is 113 Å². The van der Waals surface area contributed by atoms with Gasteiger partial charge in [-0.25, -0.2) is 0 Å². The van der Waals surface area contributed by atoms with Crippen molar-refractivity contribution in [2.45, 2.75) is 76.5 Å². The minimum Gasteiger partial charge on any atom is -0.393 e. The zero-order valence-electron chi connectivity index (χ0n) is 11.5. The number of aliphatic hydroxyl groups is 1. The van der Waals surface area contributed by atoms with Crippen LogP contribution in [-0.4, -0.2) is 17.4 Å². The van der Waals surface area contributed by atoms with Crippen molar-refractivity contribution in [1.29, 1.82) is 0 Å². The van der Waals surface area contributed by atoms with Crippen LogP contribution in [0.15, 0.2) is 0 Å². The molecular weight excluding hydrogens is 253 g/mol. The maximum absolute atomic E-state index is 12.1. The number of hydrogen-bond acceptors (Lipinski definition) is 1. The van der Waals surface area contributed by atoms with Crippen LogP contribution in [0.25, 0.3) is 0 Å². The fourth-order valence-electron chi connectivity index (χ4n) is 4.01. The van der Waals surface area contributed by atoms with E-state index in [0.29, 0.717) is 6.42 Å². The monoisotopic (exact) mass is 278 g/mol. The first-order valence-electron chi connectivity index (χ1n) is 7.70. The van der Waals surface area contributed by atoms with Crippen molar-refractivity contribution in [3.05, 3.63) is 0 Å². The highest BCUT2D eigenvalue weighted by Crippen LogP contribution is 2.44. The molecule has 0 aliphatic heterocycles. The van der Waals surface area contributed by atoms with Gasteiger partial charge in [0.15, 0.2) is 0 Å². The zero-order valence-corrected chi connectivity index (χ0v) is 11.5. The van der Waals surface area contributed by atoms with Crippen LogP contribution in [-0.2, 0) is 0 Å². The van der Waals surface area contributed by atoms with Crippen molar-refractivity contribution in [3.8, 4) is 0 Å². The molecule has 1 nitrogen and oxygen atoms in total. The van der Waals surface area contributed by atoms with Gasteiger partial charge in [-0.3, -0.25) is 0 Å². The van der Waals surface area contributed by atoms with Gasteiger partial charge < -0.3 is 5.11 Å². The van der Waals surface area contributed by atoms with Gasteiger partial charge in [-0.2, -0.15) is 13.2 Å². The summed E-state index contributed by atoms with van der Waals surface area (Å²) in [4.78, 5) is 0. The third kappa shape index (κ3) is 4.66. The summed E-state index contributed by atoms with van der Waals surface area (Å²) in [5.74, 6) is 1.80. The van der Waals surface area contributed by atoms with Gasteiger partial charge in [-0.15, -0.1) is 0 Å². The average Bonchev–Trinajstić information content (AvgIpc) is 2.36. The van der Waals surface area contributed by atoms with E-state index in [1.165, 1.54) is 32.1 Å². The summed E-state index contributed by atoms with van der Waals surface area (Å²) in [7, 11) is 0. The molecular formula is C15H25F3O. The molecule has 0 saturated heterocycles. The second-order valence-electron chi connectivity index (χ2n) is 6.45. The van der Waals surface area contributed by atoms with Crippen molar-refractivity contribution in [3.63, 3.8) is 0 Å². The van der Waals surface area contributed by atoms with Gasteiger partial charge in [0.2, 0.25) is 0 Å². The van der Waals surface area contributed by atoms with E-state index in [1.807, 2.05) is 0 Å². The molecule has 2 aliphatic rings. The average molecular weight is 278 g/mol. The first-order chi connectivity index (χ1) is 8.96. The fourth-order valence-corrected chi connectivity index (χ4v) is 4.01. The highest BCUT2D eigenvalue weighted by Gasteiger charge is 2.35. The van der Waals surface area contributed by atoms with Crippen molar-refractivity contribution in [2.24, 2.45) is 17.8 Å². The maximum Gasteiger partial charge on any atom is 0.389 e. The van der Waals surface area contributed by atoms with Gasteiger partial charge in [-0.05, 0) is 49.9 Å². The van der Waals surface area contributed by atoms with E-state index in [1.54, 1.807) is 0 Å². The Bertz CT molecular complexity index is 277. The van der Waals surface area contributed by atoms with Crippen LogP contribution >= 0.6 is 0 Å². The molecule has 4 atom stereocenters. The van der Waals surface area contributed by atoms with Gasteiger partial charge in [0.1, 0.15) is 0 Å². The molecule has 19 heavy (non-hydrogen) atoms. The predicted molar refractivity (Wildman–Crippen MR) is 68.7 cm³/mol. The van der Waals surface area contributed by atoms with Crippen molar-refractivity contribution < 1.29 is 18.3 Å². The minimum absolute atomic E-state index is 0.0647. The van der Waals surface area contributed by atoms with Crippen LogP contribution in [0.3, 0.4) is 0 Å². The lowest BCUT2D eigenvalue weighted by Crippen LogP contribution is -2.33. The Morgan fingerprint density at radius 3 is 2.37 bits per heavy atom. The number of fused-ring (bicyclic) bond motifs is 1. The number of aliphatic hydroxyl groups excluding tert-OH is 1. The van der Waals surface area contributed by atoms with Gasteiger partial charge >= 0.3 is 6.18 Å². The van der Waals surface area contributed by atoms with Crippen molar-refractivity contribution in [2.75, 3.05) is 0 Å². The first kappa shape index (κ1) is 15.1. The summed E-state index contributed by atoms with van der Waals surface area (Å²) in [5, 5.41) is 10.1. The number of alkyl halides is 3. The molecule has 4 heteroatoms. The van der Waals surface area contributed by atoms with Gasteiger partial charge in [-0.1, -0.05) is 25.7 Å². The molecule has 2 fully saturated rings. The summed E-state index contributed by atoms with van der Waals surface area (Å²) in [6.07, 6.45) is 3.43. The zero-order chi connectivity index (χ0) is 13.9. The smallest absolute Gasteiger partial charge is 0.389 e. The van der Waals surface area contributed by atoms with E-state index in [2.05, 4.69) is 0 Å². The quantitative estimate of drug-likeness (QED) is 0.791. The first-order valence-corrected chi connectivity index (χ1v) is 7.70. The van der Waals surface area contributed by atoms with Crippen LogP contribution in [0.5, 0.6) is 0 Å². The molecule has 0 bridgehead atoms. The van der Waals surface area contributed by atoms with E-state index in [0.717, 1.165) is 24.7 Å². The molecule has 112 valence electrons. The third-order valence-corrected chi connectivity index (χ3v) is 5.08. The SMILES string of the molecule is OC(CCCC(F)(F)F)C1CCC2CCCCC2C1. The Morgan fingerprint density at radius 2 is 1.68 bits per heavy atom. The molecule has 1 N–H and O–H groups in total. The lowest BCUT2D eigenvalue weighted by Gasteiger charge is -2.40. The topological polar surface area (TPSA) is 20.2 Å². The Morgan fingerprint density at radius 1 is 1.00 bits per heavy atom. The predicted octanol–water partition coefficient (Wildman–Crippen LogP) is 4.69. The number of halogens is 3. The molecule has 0 heterocycles. The van der Waals surface area contributed by atoms with Crippen molar-refractivity contribution >= 4 is 0 Å². The molecule has 0 amide bonds. The van der Waals surface area contributed by atoms with Gasteiger partial charge in [0.05, 0.1) is 6.10 Å². The highest BCUT2D eigenvalue weighted by atomic mass is 19.4. The Hall–Kier alpha value is -0.250. The van der Waals surface area contributed by atoms with Crippen LogP contribution in [0.4, 0.5) is 13.2 Å². The van der Waals surface area contributed by atoms with Crippen LogP contribution in [0, 0.1) is 17.8 Å². The Balaban J connectivity index is 1.72. The van der Waals surface area contributed by atoms with E-state index < -0.39 is 18.7 Å². The second kappa shape index (κ2) is 6.47. The fraction of sp³-hybridized carbons (Fsp3) is 1.00. The normalized spacial score (nSPS) is 33.8. The molecule has 0 radical (unpaired) electrons. The van der Waals surface area contributed by atoms with E-state index in [4.69, 9.17) is 0 Å². The lowest BCUT2D eigenvalue weighted by molar-refractivity contribution is -0.137. The molecule has 4 unspecified atom stereocenters. The number of rotatable bonds is 4. The van der Waals surface area contributed by atoms with E-state index in [-0.39, 0.29) is 12.3 Å². The molecule has 0 aromatic heterocycles. The largest absolute Gasteiger partial charge is 0.393 e. The summed E-state index contributed by atoms with van der Waals surface area (Å²) in [6, 6.07) is 0. The summed E-state index contributed by atoms with van der Waals surface area (Å²) in [5.41, 5.74) is 0. The Kier molecular flexibility index (Phi) is 5.15. The second-order valence-corrected chi connectivity index (χ2v) is 6.45. The van der Waals surface area contributed by atoms with Gasteiger partial charge in [0.25, 0.3) is 0 Å². The van der Waals surface area contributed by atoms with E-state index in [9.17, 15) is 18.3 Å². The molecule has 2 saturated carbocycles.